The van der Waals surface area contributed by atoms with Gasteiger partial charge in [0.2, 0.25) is 0 Å². The van der Waals surface area contributed by atoms with Crippen LogP contribution in [0.2, 0.25) is 0 Å². The van der Waals surface area contributed by atoms with Gasteiger partial charge in [-0.05, 0) is 5.56 Å². The predicted molar refractivity (Wildman–Crippen MR) is 75.7 cm³/mol. The molecular formula is C13H17IO4. The van der Waals surface area contributed by atoms with Crippen LogP contribution in [-0.4, -0.2) is 45.7 Å². The fourth-order valence-electron chi connectivity index (χ4n) is 2.06. The Bertz CT molecular complexity index is 357. The molecule has 0 aromatic heterocycles. The van der Waals surface area contributed by atoms with E-state index in [1.54, 1.807) is 0 Å². The van der Waals surface area contributed by atoms with Crippen molar-refractivity contribution in [2.24, 2.45) is 0 Å². The summed E-state index contributed by atoms with van der Waals surface area (Å²) in [6.07, 6.45) is -1.84. The summed E-state index contributed by atoms with van der Waals surface area (Å²) in [5, 5.41) is 19.3. The van der Waals surface area contributed by atoms with Crippen molar-refractivity contribution in [3.8, 4) is 0 Å². The van der Waals surface area contributed by atoms with Crippen molar-refractivity contribution in [2.45, 2.75) is 31.0 Å². The minimum absolute atomic E-state index is 0.135. The van der Waals surface area contributed by atoms with Crippen LogP contribution in [0.25, 0.3) is 0 Å². The minimum Gasteiger partial charge on any atom is -0.394 e. The molecule has 5 heteroatoms. The Morgan fingerprint density at radius 3 is 2.56 bits per heavy atom. The highest BCUT2D eigenvalue weighted by atomic mass is 127. The number of benzene rings is 1. The number of alkyl halides is 1. The van der Waals surface area contributed by atoms with E-state index in [0.717, 1.165) is 5.56 Å². The third-order valence-corrected chi connectivity index (χ3v) is 3.92. The second-order valence-electron chi connectivity index (χ2n) is 4.30. The van der Waals surface area contributed by atoms with Gasteiger partial charge < -0.3 is 19.7 Å². The highest BCUT2D eigenvalue weighted by Gasteiger charge is 2.43. The monoisotopic (exact) mass is 364 g/mol. The molecule has 4 nitrogen and oxygen atoms in total. The molecule has 100 valence electrons. The summed E-state index contributed by atoms with van der Waals surface area (Å²) in [5.74, 6) is 0. The maximum Gasteiger partial charge on any atom is 0.115 e. The molecule has 2 N–H and O–H groups in total. The zero-order chi connectivity index (χ0) is 13.0. The van der Waals surface area contributed by atoms with Gasteiger partial charge in [0.1, 0.15) is 18.3 Å². The van der Waals surface area contributed by atoms with E-state index in [-0.39, 0.29) is 12.7 Å². The Morgan fingerprint density at radius 2 is 1.94 bits per heavy atom. The van der Waals surface area contributed by atoms with Gasteiger partial charge in [0.15, 0.2) is 0 Å². The lowest BCUT2D eigenvalue weighted by atomic mass is 10.1. The van der Waals surface area contributed by atoms with Crippen LogP contribution < -0.4 is 0 Å². The normalized spacial score (nSPS) is 31.7. The van der Waals surface area contributed by atoms with E-state index in [4.69, 9.17) is 9.47 Å². The molecule has 0 aliphatic carbocycles. The molecule has 1 fully saturated rings. The zero-order valence-corrected chi connectivity index (χ0v) is 12.1. The first kappa shape index (κ1) is 14.2. The molecule has 0 saturated carbocycles. The van der Waals surface area contributed by atoms with Gasteiger partial charge in [0.25, 0.3) is 0 Å². The van der Waals surface area contributed by atoms with Gasteiger partial charge in [-0.15, -0.1) is 0 Å². The summed E-state index contributed by atoms with van der Waals surface area (Å²) in [5.41, 5.74) is 1.04. The summed E-state index contributed by atoms with van der Waals surface area (Å²) >= 11 is 2.16. The van der Waals surface area contributed by atoms with Crippen molar-refractivity contribution in [3.63, 3.8) is 0 Å². The van der Waals surface area contributed by atoms with Crippen LogP contribution in [0.4, 0.5) is 0 Å². The molecule has 2 rings (SSSR count). The van der Waals surface area contributed by atoms with Gasteiger partial charge in [0, 0.05) is 4.43 Å². The summed E-state index contributed by atoms with van der Waals surface area (Å²) in [4.78, 5) is 0. The zero-order valence-electron chi connectivity index (χ0n) is 9.91. The van der Waals surface area contributed by atoms with E-state index < -0.39 is 18.3 Å². The molecule has 18 heavy (non-hydrogen) atoms. The van der Waals surface area contributed by atoms with Crippen molar-refractivity contribution in [3.05, 3.63) is 35.9 Å². The lowest BCUT2D eigenvalue weighted by molar-refractivity contribution is -0.0610. The van der Waals surface area contributed by atoms with Crippen LogP contribution in [0.5, 0.6) is 0 Å². The number of halogens is 1. The topological polar surface area (TPSA) is 58.9 Å². The minimum atomic E-state index is -0.678. The van der Waals surface area contributed by atoms with E-state index in [1.807, 2.05) is 30.3 Å². The average molecular weight is 364 g/mol. The number of ether oxygens (including phenoxy) is 2. The Labute approximate surface area is 120 Å². The van der Waals surface area contributed by atoms with Crippen molar-refractivity contribution >= 4 is 22.6 Å². The molecule has 1 aliphatic heterocycles. The van der Waals surface area contributed by atoms with Crippen LogP contribution >= 0.6 is 22.6 Å². The third-order valence-electron chi connectivity index (χ3n) is 3.05. The van der Waals surface area contributed by atoms with Gasteiger partial charge in [-0.3, -0.25) is 0 Å². The van der Waals surface area contributed by atoms with E-state index in [2.05, 4.69) is 22.6 Å². The van der Waals surface area contributed by atoms with Crippen molar-refractivity contribution < 1.29 is 19.7 Å². The molecule has 1 aromatic rings. The van der Waals surface area contributed by atoms with Gasteiger partial charge in [-0.1, -0.05) is 52.9 Å². The highest BCUT2D eigenvalue weighted by molar-refractivity contribution is 14.1. The second-order valence-corrected chi connectivity index (χ2v) is 5.18. The second kappa shape index (κ2) is 6.81. The molecule has 1 aromatic carbocycles. The molecule has 4 atom stereocenters. The Kier molecular flexibility index (Phi) is 5.38. The fourth-order valence-corrected chi connectivity index (χ4v) is 2.79. The van der Waals surface area contributed by atoms with Crippen molar-refractivity contribution in [2.75, 3.05) is 11.0 Å². The third kappa shape index (κ3) is 3.21. The Morgan fingerprint density at radius 1 is 1.22 bits per heavy atom. The van der Waals surface area contributed by atoms with Crippen LogP contribution in [0.15, 0.2) is 30.3 Å². The van der Waals surface area contributed by atoms with Crippen LogP contribution in [0.3, 0.4) is 0 Å². The van der Waals surface area contributed by atoms with E-state index >= 15 is 0 Å². The smallest absolute Gasteiger partial charge is 0.115 e. The molecule has 1 heterocycles. The van der Waals surface area contributed by atoms with Gasteiger partial charge in [-0.25, -0.2) is 0 Å². The van der Waals surface area contributed by atoms with Crippen LogP contribution in [-0.2, 0) is 16.1 Å². The number of aliphatic hydroxyl groups excluding tert-OH is 2. The highest BCUT2D eigenvalue weighted by Crippen LogP contribution is 2.26. The first-order valence-electron chi connectivity index (χ1n) is 5.92. The Hall–Kier alpha value is -0.210. The number of hydrogen-bond donors (Lipinski definition) is 2. The summed E-state index contributed by atoms with van der Waals surface area (Å²) in [7, 11) is 0. The first-order chi connectivity index (χ1) is 8.76. The largest absolute Gasteiger partial charge is 0.394 e. The van der Waals surface area contributed by atoms with E-state index in [0.29, 0.717) is 11.0 Å². The quantitative estimate of drug-likeness (QED) is 0.608. The lowest BCUT2D eigenvalue weighted by Crippen LogP contribution is -2.36. The average Bonchev–Trinajstić information content (AvgIpc) is 2.73. The van der Waals surface area contributed by atoms with Crippen LogP contribution in [0.1, 0.15) is 5.56 Å². The maximum atomic E-state index is 10.1. The maximum absolute atomic E-state index is 10.1. The summed E-state index contributed by atoms with van der Waals surface area (Å²) in [6, 6.07) is 9.76. The first-order valence-corrected chi connectivity index (χ1v) is 7.44. The Balaban J connectivity index is 1.95. The van der Waals surface area contributed by atoms with Gasteiger partial charge >= 0.3 is 0 Å². The molecule has 1 aliphatic rings. The lowest BCUT2D eigenvalue weighted by Gasteiger charge is -2.19. The summed E-state index contributed by atoms with van der Waals surface area (Å²) < 4.78 is 11.9. The molecule has 0 bridgehead atoms. The van der Waals surface area contributed by atoms with Gasteiger partial charge in [0.05, 0.1) is 19.3 Å². The molecular weight excluding hydrogens is 347 g/mol. The molecule has 0 radical (unpaired) electrons. The number of rotatable bonds is 5. The predicted octanol–water partition coefficient (Wildman–Crippen LogP) is 1.13. The van der Waals surface area contributed by atoms with Crippen molar-refractivity contribution in [1.82, 2.24) is 0 Å². The fraction of sp³-hybridized carbons (Fsp3) is 0.538. The van der Waals surface area contributed by atoms with Crippen LogP contribution in [0, 0.1) is 0 Å². The van der Waals surface area contributed by atoms with E-state index in [1.165, 1.54) is 0 Å². The molecule has 1 saturated heterocycles. The van der Waals surface area contributed by atoms with E-state index in [9.17, 15) is 10.2 Å². The number of hydrogen-bond acceptors (Lipinski definition) is 4. The van der Waals surface area contributed by atoms with Gasteiger partial charge in [-0.2, -0.15) is 0 Å². The molecule has 0 unspecified atom stereocenters. The standard InChI is InChI=1S/C13H17IO4/c14-6-10-12(16)13(11(7-15)18-10)17-8-9-4-2-1-3-5-9/h1-5,10-13,15-16H,6-8H2/t10-,11+,12+,13+/m0/s1. The SMILES string of the molecule is OC[C@H]1O[C@@H](CI)[C@@H](O)[C@@H]1OCc1ccccc1. The van der Waals surface area contributed by atoms with Crippen molar-refractivity contribution in [1.29, 1.82) is 0 Å². The molecule has 0 spiro atoms. The molecule has 0 amide bonds. The summed E-state index contributed by atoms with van der Waals surface area (Å²) in [6.45, 7) is 0.278. The number of aliphatic hydroxyl groups is 2.